The van der Waals surface area contributed by atoms with Crippen LogP contribution in [0.4, 0.5) is 0 Å². The van der Waals surface area contributed by atoms with Crippen molar-refractivity contribution in [2.24, 2.45) is 5.92 Å². The van der Waals surface area contributed by atoms with Crippen molar-refractivity contribution in [2.75, 3.05) is 0 Å². The van der Waals surface area contributed by atoms with Gasteiger partial charge in [0.25, 0.3) is 0 Å². The van der Waals surface area contributed by atoms with Gasteiger partial charge >= 0.3 is 5.97 Å². The maximum absolute atomic E-state index is 11.4. The zero-order valence-electron chi connectivity index (χ0n) is 9.78. The van der Waals surface area contributed by atoms with Crippen LogP contribution in [0.25, 0.3) is 0 Å². The Hall–Kier alpha value is -1.19. The number of carbonyl (C=O) groups is 3. The minimum atomic E-state index is -0.891. The molecule has 92 valence electrons. The highest BCUT2D eigenvalue weighted by atomic mass is 16.4. The zero-order valence-corrected chi connectivity index (χ0v) is 9.78. The second-order valence-corrected chi connectivity index (χ2v) is 3.98. The highest BCUT2D eigenvalue weighted by Crippen LogP contribution is 2.15. The van der Waals surface area contributed by atoms with Crippen LogP contribution in [-0.2, 0) is 14.4 Å². The molecule has 0 rings (SSSR count). The molecule has 0 fully saturated rings. The number of carboxylic acids is 1. The first-order chi connectivity index (χ1) is 7.61. The number of aliphatic carboxylic acids is 1. The first-order valence-corrected chi connectivity index (χ1v) is 5.80. The van der Waals surface area contributed by atoms with E-state index in [0.717, 1.165) is 19.1 Å². The molecule has 0 aromatic rings. The molecule has 0 heterocycles. The van der Waals surface area contributed by atoms with E-state index in [1.807, 2.05) is 6.92 Å². The van der Waals surface area contributed by atoms with Crippen LogP contribution in [0.3, 0.4) is 0 Å². The Morgan fingerprint density at radius 1 is 1.31 bits per heavy atom. The van der Waals surface area contributed by atoms with Gasteiger partial charge in [0.15, 0.2) is 0 Å². The molecule has 0 aromatic heterocycles. The molecular formula is C12H20O4. The molecule has 0 spiro atoms. The molecule has 0 aliphatic heterocycles. The molecule has 0 bridgehead atoms. The number of carboxylic acid groups (broad SMARTS) is 1. The number of rotatable bonds is 10. The van der Waals surface area contributed by atoms with Crippen molar-refractivity contribution in [3.8, 4) is 0 Å². The van der Waals surface area contributed by atoms with E-state index in [9.17, 15) is 14.4 Å². The van der Waals surface area contributed by atoms with E-state index in [4.69, 9.17) is 5.11 Å². The summed E-state index contributed by atoms with van der Waals surface area (Å²) in [4.78, 5) is 32.3. The summed E-state index contributed by atoms with van der Waals surface area (Å²) in [7, 11) is 0. The van der Waals surface area contributed by atoms with E-state index in [-0.39, 0.29) is 12.2 Å². The van der Waals surface area contributed by atoms with Crippen LogP contribution in [0.1, 0.15) is 51.9 Å². The molecule has 0 aromatic carbocycles. The number of aldehydes is 1. The van der Waals surface area contributed by atoms with Gasteiger partial charge in [-0.05, 0) is 12.8 Å². The zero-order chi connectivity index (χ0) is 12.4. The number of hydrogen-bond donors (Lipinski definition) is 1. The summed E-state index contributed by atoms with van der Waals surface area (Å²) in [6, 6.07) is 0. The van der Waals surface area contributed by atoms with Gasteiger partial charge in [0.2, 0.25) is 0 Å². The average molecular weight is 228 g/mol. The van der Waals surface area contributed by atoms with E-state index in [2.05, 4.69) is 0 Å². The molecule has 0 radical (unpaired) electrons. The number of carbonyl (C=O) groups excluding carboxylic acids is 2. The van der Waals surface area contributed by atoms with Crippen molar-refractivity contribution < 1.29 is 19.5 Å². The van der Waals surface area contributed by atoms with Gasteiger partial charge in [-0.15, -0.1) is 0 Å². The van der Waals surface area contributed by atoms with Crippen LogP contribution in [0.15, 0.2) is 0 Å². The Balaban J connectivity index is 3.92. The molecule has 0 saturated heterocycles. The quantitative estimate of drug-likeness (QED) is 0.459. The standard InChI is InChI=1S/C12H20O4/c1-2-3-6-10(12(15)16)9-11(14)7-4-5-8-13/h8,10H,2-7,9H2,1H3,(H,15,16). The minimum absolute atomic E-state index is 0.0506. The predicted octanol–water partition coefficient (Wildman–Crippen LogP) is 2.21. The fourth-order valence-electron chi connectivity index (χ4n) is 1.52. The van der Waals surface area contributed by atoms with Gasteiger partial charge in [-0.2, -0.15) is 0 Å². The number of unbranched alkanes of at least 4 members (excludes halogenated alkanes) is 2. The lowest BCUT2D eigenvalue weighted by Gasteiger charge is -2.10. The summed E-state index contributed by atoms with van der Waals surface area (Å²) in [6.45, 7) is 1.99. The summed E-state index contributed by atoms with van der Waals surface area (Å²) in [6.07, 6.45) is 4.43. The largest absolute Gasteiger partial charge is 0.481 e. The third kappa shape index (κ3) is 7.15. The summed E-state index contributed by atoms with van der Waals surface area (Å²) in [5.74, 6) is -1.49. The second kappa shape index (κ2) is 9.07. The topological polar surface area (TPSA) is 71.4 Å². The molecular weight excluding hydrogens is 208 g/mol. The molecule has 0 saturated carbocycles. The first-order valence-electron chi connectivity index (χ1n) is 5.80. The molecule has 1 atom stereocenters. The number of ketones is 1. The Labute approximate surface area is 96.0 Å². The molecule has 4 nitrogen and oxygen atoms in total. The van der Waals surface area contributed by atoms with E-state index < -0.39 is 11.9 Å². The van der Waals surface area contributed by atoms with E-state index >= 15 is 0 Å². The monoisotopic (exact) mass is 228 g/mol. The van der Waals surface area contributed by atoms with E-state index in [1.165, 1.54) is 0 Å². The van der Waals surface area contributed by atoms with Crippen molar-refractivity contribution in [2.45, 2.75) is 51.9 Å². The van der Waals surface area contributed by atoms with Crippen molar-refractivity contribution in [1.82, 2.24) is 0 Å². The van der Waals surface area contributed by atoms with E-state index in [0.29, 0.717) is 25.7 Å². The van der Waals surface area contributed by atoms with Gasteiger partial charge in [0.1, 0.15) is 12.1 Å². The summed E-state index contributed by atoms with van der Waals surface area (Å²) in [5, 5.41) is 8.91. The molecule has 1 N–H and O–H groups in total. The van der Waals surface area contributed by atoms with E-state index in [1.54, 1.807) is 0 Å². The third-order valence-electron chi connectivity index (χ3n) is 2.51. The van der Waals surface area contributed by atoms with Crippen LogP contribution in [-0.4, -0.2) is 23.1 Å². The minimum Gasteiger partial charge on any atom is -0.481 e. The van der Waals surface area contributed by atoms with Gasteiger partial charge in [-0.3, -0.25) is 9.59 Å². The van der Waals surface area contributed by atoms with Crippen molar-refractivity contribution in [1.29, 1.82) is 0 Å². The van der Waals surface area contributed by atoms with Crippen molar-refractivity contribution in [3.63, 3.8) is 0 Å². The maximum atomic E-state index is 11.4. The lowest BCUT2D eigenvalue weighted by atomic mass is 9.94. The van der Waals surface area contributed by atoms with Crippen LogP contribution in [0.2, 0.25) is 0 Å². The van der Waals surface area contributed by atoms with Crippen LogP contribution in [0.5, 0.6) is 0 Å². The Morgan fingerprint density at radius 2 is 2.00 bits per heavy atom. The van der Waals surface area contributed by atoms with Gasteiger partial charge in [0, 0.05) is 19.3 Å². The average Bonchev–Trinajstić information content (AvgIpc) is 2.24. The van der Waals surface area contributed by atoms with Gasteiger partial charge in [-0.25, -0.2) is 0 Å². The van der Waals surface area contributed by atoms with Crippen LogP contribution in [0, 0.1) is 5.92 Å². The fraction of sp³-hybridized carbons (Fsp3) is 0.750. The lowest BCUT2D eigenvalue weighted by Crippen LogP contribution is -2.18. The Bertz CT molecular complexity index is 235. The predicted molar refractivity (Wildman–Crippen MR) is 60.2 cm³/mol. The molecule has 0 aliphatic carbocycles. The molecule has 16 heavy (non-hydrogen) atoms. The summed E-state index contributed by atoms with van der Waals surface area (Å²) in [5.41, 5.74) is 0. The van der Waals surface area contributed by atoms with Crippen LogP contribution >= 0.6 is 0 Å². The highest BCUT2D eigenvalue weighted by molar-refractivity contribution is 5.83. The number of hydrogen-bond acceptors (Lipinski definition) is 3. The van der Waals surface area contributed by atoms with Gasteiger partial charge < -0.3 is 9.90 Å². The second-order valence-electron chi connectivity index (χ2n) is 3.98. The number of Topliss-reactive ketones (excluding diaryl/α,β-unsaturated/α-hetero) is 1. The van der Waals surface area contributed by atoms with Crippen molar-refractivity contribution in [3.05, 3.63) is 0 Å². The summed E-state index contributed by atoms with van der Waals surface area (Å²) >= 11 is 0. The summed E-state index contributed by atoms with van der Waals surface area (Å²) < 4.78 is 0. The molecule has 1 unspecified atom stereocenters. The molecule has 0 amide bonds. The fourth-order valence-corrected chi connectivity index (χ4v) is 1.52. The normalized spacial score (nSPS) is 12.1. The van der Waals surface area contributed by atoms with Crippen LogP contribution < -0.4 is 0 Å². The van der Waals surface area contributed by atoms with Crippen molar-refractivity contribution >= 4 is 18.0 Å². The highest BCUT2D eigenvalue weighted by Gasteiger charge is 2.19. The Kier molecular flexibility index (Phi) is 8.39. The van der Waals surface area contributed by atoms with Gasteiger partial charge in [0.05, 0.1) is 5.92 Å². The maximum Gasteiger partial charge on any atom is 0.306 e. The van der Waals surface area contributed by atoms with Gasteiger partial charge in [-0.1, -0.05) is 19.8 Å². The SMILES string of the molecule is CCCCC(CC(=O)CCCC=O)C(=O)O. The lowest BCUT2D eigenvalue weighted by molar-refractivity contribution is -0.144. The smallest absolute Gasteiger partial charge is 0.306 e. The molecule has 4 heteroatoms. The molecule has 0 aliphatic rings. The Morgan fingerprint density at radius 3 is 2.50 bits per heavy atom. The first kappa shape index (κ1) is 14.8. The third-order valence-corrected chi connectivity index (χ3v) is 2.51.